The number of rotatable bonds is 2. The molecule has 3 rings (SSSR count). The molecule has 0 saturated heterocycles. The number of benzene rings is 1. The van der Waals surface area contributed by atoms with Crippen molar-refractivity contribution in [3.8, 4) is 0 Å². The monoisotopic (exact) mass is 291 g/mol. The van der Waals surface area contributed by atoms with Gasteiger partial charge >= 0.3 is 0 Å². The lowest BCUT2D eigenvalue weighted by molar-refractivity contribution is 0.590. The number of aromatic nitrogens is 1. The van der Waals surface area contributed by atoms with Crippen LogP contribution >= 0.6 is 0 Å². The Kier molecular flexibility index (Phi) is 3.17. The molecule has 0 atom stereocenters. The largest absolute Gasteiger partial charge is 0.383 e. The van der Waals surface area contributed by atoms with Crippen molar-refractivity contribution in [1.82, 2.24) is 4.57 Å². The highest BCUT2D eigenvalue weighted by Crippen LogP contribution is 2.32. The lowest BCUT2D eigenvalue weighted by Gasteiger charge is -2.23. The van der Waals surface area contributed by atoms with Crippen molar-refractivity contribution in [2.24, 2.45) is 7.05 Å². The van der Waals surface area contributed by atoms with E-state index in [1.807, 2.05) is 31.3 Å². The first-order chi connectivity index (χ1) is 9.59. The summed E-state index contributed by atoms with van der Waals surface area (Å²) in [4.78, 5) is 0.330. The van der Waals surface area contributed by atoms with Gasteiger partial charge < -0.3 is 9.88 Å². The first kappa shape index (κ1) is 13.1. The van der Waals surface area contributed by atoms with Gasteiger partial charge in [-0.15, -0.1) is 0 Å². The highest BCUT2D eigenvalue weighted by atomic mass is 32.2. The molecule has 0 bridgehead atoms. The smallest absolute Gasteiger partial charge is 0.265 e. The number of hydrogen-bond acceptors (Lipinski definition) is 3. The van der Waals surface area contributed by atoms with Crippen LogP contribution in [0.5, 0.6) is 0 Å². The second-order valence-electron chi connectivity index (χ2n) is 4.89. The van der Waals surface area contributed by atoms with Gasteiger partial charge in [0.2, 0.25) is 0 Å². The second kappa shape index (κ2) is 4.86. The molecule has 106 valence electrons. The summed E-state index contributed by atoms with van der Waals surface area (Å²) in [6.07, 6.45) is 4.16. The topological polar surface area (TPSA) is 54.3 Å². The summed E-state index contributed by atoms with van der Waals surface area (Å²) in [6, 6.07) is 9.16. The summed E-state index contributed by atoms with van der Waals surface area (Å²) >= 11 is 0. The number of hydrogen-bond donors (Lipinski definition) is 1. The molecule has 0 saturated carbocycles. The minimum absolute atomic E-state index is 0.330. The molecule has 20 heavy (non-hydrogen) atoms. The Hall–Kier alpha value is -1.95. The van der Waals surface area contributed by atoms with Crippen molar-refractivity contribution in [2.75, 3.05) is 22.7 Å². The van der Waals surface area contributed by atoms with E-state index >= 15 is 0 Å². The van der Waals surface area contributed by atoms with E-state index < -0.39 is 10.0 Å². The van der Waals surface area contributed by atoms with Crippen molar-refractivity contribution in [1.29, 1.82) is 0 Å². The van der Waals surface area contributed by atoms with Crippen LogP contribution in [0.3, 0.4) is 0 Å². The summed E-state index contributed by atoms with van der Waals surface area (Å²) in [6.45, 7) is 1.26. The van der Waals surface area contributed by atoms with Gasteiger partial charge in [0.1, 0.15) is 4.90 Å². The quantitative estimate of drug-likeness (QED) is 0.921. The zero-order valence-electron chi connectivity index (χ0n) is 11.3. The molecule has 0 fully saturated rings. The number of nitrogens with zero attached hydrogens (tertiary/aromatic N) is 2. The Morgan fingerprint density at radius 3 is 2.75 bits per heavy atom. The summed E-state index contributed by atoms with van der Waals surface area (Å²) in [5.74, 6) is 0. The lowest BCUT2D eigenvalue weighted by atomic mass is 10.2. The third-order valence-corrected chi connectivity index (χ3v) is 5.22. The molecule has 0 amide bonds. The number of fused-ring (bicyclic) bond motifs is 1. The highest BCUT2D eigenvalue weighted by molar-refractivity contribution is 7.92. The number of nitrogens with one attached hydrogen (secondary N) is 1. The van der Waals surface area contributed by atoms with Gasteiger partial charge in [0.15, 0.2) is 0 Å². The number of aryl methyl sites for hydroxylation is 1. The summed E-state index contributed by atoms with van der Waals surface area (Å²) in [5.41, 5.74) is 1.58. The minimum Gasteiger partial charge on any atom is -0.383 e. The number of para-hydroxylation sites is 2. The van der Waals surface area contributed by atoms with E-state index in [2.05, 4.69) is 5.32 Å². The van der Waals surface area contributed by atoms with Gasteiger partial charge in [-0.25, -0.2) is 8.42 Å². The third kappa shape index (κ3) is 2.16. The molecule has 1 aromatic carbocycles. The van der Waals surface area contributed by atoms with Crippen LogP contribution in [0.2, 0.25) is 0 Å². The standard InChI is InChI=1S/C14H17N3O2S/c1-16-10-7-12(11-16)20(18,19)17-9-4-8-15-13-5-2-3-6-14(13)17/h2-3,5-7,10-11,15H,4,8-9H2,1H3. The lowest BCUT2D eigenvalue weighted by Crippen LogP contribution is -2.31. The van der Waals surface area contributed by atoms with E-state index in [1.54, 1.807) is 23.0 Å². The van der Waals surface area contributed by atoms with Crippen molar-refractivity contribution in [3.05, 3.63) is 42.7 Å². The Balaban J connectivity index is 2.09. The first-order valence-corrected chi connectivity index (χ1v) is 8.01. The molecule has 2 aromatic rings. The van der Waals surface area contributed by atoms with Crippen LogP contribution in [0.15, 0.2) is 47.6 Å². The summed E-state index contributed by atoms with van der Waals surface area (Å²) in [7, 11) is -1.69. The molecule has 0 spiro atoms. The maximum Gasteiger partial charge on any atom is 0.265 e. The molecule has 1 aromatic heterocycles. The van der Waals surface area contributed by atoms with Crippen molar-refractivity contribution in [3.63, 3.8) is 0 Å². The molecule has 5 nitrogen and oxygen atoms in total. The predicted octanol–water partition coefficient (Wildman–Crippen LogP) is 2.04. The van der Waals surface area contributed by atoms with E-state index in [0.717, 1.165) is 18.7 Å². The molecule has 1 N–H and O–H groups in total. The van der Waals surface area contributed by atoms with Crippen LogP contribution in [-0.4, -0.2) is 26.1 Å². The van der Waals surface area contributed by atoms with Gasteiger partial charge in [-0.2, -0.15) is 0 Å². The minimum atomic E-state index is -3.51. The van der Waals surface area contributed by atoms with E-state index in [0.29, 0.717) is 17.1 Å². The number of sulfonamides is 1. The van der Waals surface area contributed by atoms with E-state index in [-0.39, 0.29) is 0 Å². The Labute approximate surface area is 118 Å². The van der Waals surface area contributed by atoms with Gasteiger partial charge in [0.25, 0.3) is 10.0 Å². The zero-order valence-corrected chi connectivity index (χ0v) is 12.1. The molecule has 1 aliphatic rings. The number of anilines is 2. The average Bonchev–Trinajstić information content (AvgIpc) is 2.75. The predicted molar refractivity (Wildman–Crippen MR) is 79.5 cm³/mol. The fraction of sp³-hybridized carbons (Fsp3) is 0.286. The molecule has 6 heteroatoms. The van der Waals surface area contributed by atoms with Gasteiger partial charge in [-0.1, -0.05) is 12.1 Å². The maximum atomic E-state index is 12.8. The average molecular weight is 291 g/mol. The molecular weight excluding hydrogens is 274 g/mol. The molecule has 2 heterocycles. The second-order valence-corrected chi connectivity index (χ2v) is 6.75. The van der Waals surface area contributed by atoms with E-state index in [4.69, 9.17) is 0 Å². The first-order valence-electron chi connectivity index (χ1n) is 6.57. The van der Waals surface area contributed by atoms with Crippen LogP contribution in [-0.2, 0) is 17.1 Å². The van der Waals surface area contributed by atoms with Gasteiger partial charge in [0, 0.05) is 32.5 Å². The maximum absolute atomic E-state index is 12.8. The molecule has 0 aliphatic carbocycles. The van der Waals surface area contributed by atoms with Gasteiger partial charge in [0.05, 0.1) is 11.4 Å². The van der Waals surface area contributed by atoms with Crippen LogP contribution in [0, 0.1) is 0 Å². The van der Waals surface area contributed by atoms with Gasteiger partial charge in [-0.3, -0.25) is 4.31 Å². The molecule has 0 radical (unpaired) electrons. The van der Waals surface area contributed by atoms with Crippen LogP contribution in [0.1, 0.15) is 6.42 Å². The highest BCUT2D eigenvalue weighted by Gasteiger charge is 2.28. The normalized spacial score (nSPS) is 15.3. The summed E-state index contributed by atoms with van der Waals surface area (Å²) < 4.78 is 28.8. The molecular formula is C14H17N3O2S. The SMILES string of the molecule is Cn1ccc(S(=O)(=O)N2CCCNc3ccccc32)c1. The zero-order chi connectivity index (χ0) is 14.2. The Morgan fingerprint density at radius 1 is 1.20 bits per heavy atom. The van der Waals surface area contributed by atoms with E-state index in [9.17, 15) is 8.42 Å². The van der Waals surface area contributed by atoms with Crippen LogP contribution < -0.4 is 9.62 Å². The van der Waals surface area contributed by atoms with Crippen molar-refractivity contribution < 1.29 is 8.42 Å². The molecule has 1 aliphatic heterocycles. The fourth-order valence-corrected chi connectivity index (χ4v) is 3.99. The van der Waals surface area contributed by atoms with E-state index in [1.165, 1.54) is 4.31 Å². The fourth-order valence-electron chi connectivity index (χ4n) is 2.41. The van der Waals surface area contributed by atoms with Crippen LogP contribution in [0.25, 0.3) is 0 Å². The van der Waals surface area contributed by atoms with Gasteiger partial charge in [-0.05, 0) is 24.6 Å². The Morgan fingerprint density at radius 2 is 2.00 bits per heavy atom. The van der Waals surface area contributed by atoms with Crippen molar-refractivity contribution in [2.45, 2.75) is 11.3 Å². The molecule has 0 unspecified atom stereocenters. The van der Waals surface area contributed by atoms with Crippen LogP contribution in [0.4, 0.5) is 11.4 Å². The third-order valence-electron chi connectivity index (χ3n) is 3.42. The Bertz CT molecular complexity index is 722. The van der Waals surface area contributed by atoms with Crippen molar-refractivity contribution >= 4 is 21.4 Å². The summed E-state index contributed by atoms with van der Waals surface area (Å²) in [5, 5.41) is 3.27.